The van der Waals surface area contributed by atoms with Gasteiger partial charge in [-0.3, -0.25) is 0 Å². The van der Waals surface area contributed by atoms with Gasteiger partial charge < -0.3 is 9.14 Å². The van der Waals surface area contributed by atoms with Gasteiger partial charge in [-0.25, -0.2) is 4.98 Å². The maximum Gasteiger partial charge on any atom is 0.135 e. The maximum absolute atomic E-state index is 5.28. The summed E-state index contributed by atoms with van der Waals surface area (Å²) in [5.41, 5.74) is 1.15. The van der Waals surface area contributed by atoms with E-state index in [0.717, 1.165) is 29.4 Å². The Morgan fingerprint density at radius 1 is 1.50 bits per heavy atom. The molecule has 2 aromatic heterocycles. The molecule has 3 heterocycles. The lowest BCUT2D eigenvalue weighted by atomic mass is 10.0. The first kappa shape index (κ1) is 11.9. The molecule has 1 fully saturated rings. The third kappa shape index (κ3) is 2.34. The fraction of sp³-hybridized carbons (Fsp3) is 0.500. The van der Waals surface area contributed by atoms with Crippen LogP contribution in [0.25, 0.3) is 5.52 Å². The Kier molecular flexibility index (Phi) is 3.46. The van der Waals surface area contributed by atoms with Gasteiger partial charge >= 0.3 is 0 Å². The second-order valence-corrected chi connectivity index (χ2v) is 5.98. The van der Waals surface area contributed by atoms with Crippen molar-refractivity contribution in [3.05, 3.63) is 30.4 Å². The van der Waals surface area contributed by atoms with Crippen molar-refractivity contribution in [3.8, 4) is 5.75 Å². The Labute approximate surface area is 112 Å². The average Bonchev–Trinajstić information content (AvgIpc) is 2.82. The molecule has 1 unspecified atom stereocenters. The predicted molar refractivity (Wildman–Crippen MR) is 75.5 cm³/mol. The van der Waals surface area contributed by atoms with Gasteiger partial charge in [-0.1, -0.05) is 0 Å². The van der Waals surface area contributed by atoms with Crippen LogP contribution >= 0.6 is 11.8 Å². The molecule has 18 heavy (non-hydrogen) atoms. The van der Waals surface area contributed by atoms with Crippen LogP contribution in [-0.4, -0.2) is 28.0 Å². The minimum Gasteiger partial charge on any atom is -0.495 e. The zero-order valence-corrected chi connectivity index (χ0v) is 11.4. The molecule has 1 aliphatic rings. The number of rotatable bonds is 3. The Bertz CT molecular complexity index is 532. The van der Waals surface area contributed by atoms with E-state index in [4.69, 9.17) is 4.74 Å². The van der Waals surface area contributed by atoms with Crippen LogP contribution in [-0.2, 0) is 6.42 Å². The number of hydrogen-bond donors (Lipinski definition) is 0. The molecular formula is C14H18N2OS. The van der Waals surface area contributed by atoms with Crippen LogP contribution in [0.15, 0.2) is 24.5 Å². The van der Waals surface area contributed by atoms with E-state index >= 15 is 0 Å². The molecule has 0 N–H and O–H groups in total. The van der Waals surface area contributed by atoms with Crippen LogP contribution in [0.3, 0.4) is 0 Å². The van der Waals surface area contributed by atoms with Gasteiger partial charge in [-0.2, -0.15) is 11.8 Å². The zero-order chi connectivity index (χ0) is 12.4. The van der Waals surface area contributed by atoms with Crippen molar-refractivity contribution in [1.29, 1.82) is 0 Å². The molecule has 0 saturated carbocycles. The summed E-state index contributed by atoms with van der Waals surface area (Å²) >= 11 is 2.08. The summed E-state index contributed by atoms with van der Waals surface area (Å²) in [6, 6.07) is 4.04. The van der Waals surface area contributed by atoms with Gasteiger partial charge in [0.05, 0.1) is 25.0 Å². The third-order valence-electron chi connectivity index (χ3n) is 3.54. The predicted octanol–water partition coefficient (Wildman–Crippen LogP) is 3.03. The first-order chi connectivity index (χ1) is 8.86. The number of ether oxygens (including phenoxy) is 1. The van der Waals surface area contributed by atoms with Crippen molar-refractivity contribution in [2.24, 2.45) is 5.92 Å². The minimum atomic E-state index is 0.778. The highest BCUT2D eigenvalue weighted by atomic mass is 32.2. The van der Waals surface area contributed by atoms with Crippen LogP contribution in [0.1, 0.15) is 18.7 Å². The van der Waals surface area contributed by atoms with Crippen LogP contribution < -0.4 is 4.74 Å². The molecular weight excluding hydrogens is 244 g/mol. The van der Waals surface area contributed by atoms with E-state index in [1.807, 2.05) is 18.5 Å². The third-order valence-corrected chi connectivity index (χ3v) is 4.82. The fourth-order valence-electron chi connectivity index (χ4n) is 2.52. The number of fused-ring (bicyclic) bond motifs is 1. The Balaban J connectivity index is 1.86. The van der Waals surface area contributed by atoms with Crippen LogP contribution in [0, 0.1) is 5.92 Å². The largest absolute Gasteiger partial charge is 0.495 e. The molecule has 1 aliphatic heterocycles. The smallest absolute Gasteiger partial charge is 0.135 e. The lowest BCUT2D eigenvalue weighted by Crippen LogP contribution is -2.14. The number of methoxy groups -OCH3 is 1. The highest BCUT2D eigenvalue weighted by Gasteiger charge is 2.16. The van der Waals surface area contributed by atoms with Gasteiger partial charge in [-0.15, -0.1) is 0 Å². The minimum absolute atomic E-state index is 0.778. The monoisotopic (exact) mass is 262 g/mol. The van der Waals surface area contributed by atoms with Crippen molar-refractivity contribution in [3.63, 3.8) is 0 Å². The summed E-state index contributed by atoms with van der Waals surface area (Å²) in [4.78, 5) is 4.56. The summed E-state index contributed by atoms with van der Waals surface area (Å²) in [7, 11) is 1.70. The topological polar surface area (TPSA) is 26.5 Å². The van der Waals surface area contributed by atoms with E-state index < -0.39 is 0 Å². The summed E-state index contributed by atoms with van der Waals surface area (Å²) in [5.74, 6) is 5.43. The molecule has 1 atom stereocenters. The number of imidazole rings is 1. The molecule has 0 aromatic carbocycles. The molecule has 2 aromatic rings. The van der Waals surface area contributed by atoms with E-state index in [2.05, 4.69) is 27.2 Å². The van der Waals surface area contributed by atoms with E-state index in [1.54, 1.807) is 7.11 Å². The summed E-state index contributed by atoms with van der Waals surface area (Å²) in [5, 5.41) is 0. The van der Waals surface area contributed by atoms with Gasteiger partial charge in [0.15, 0.2) is 0 Å². The quantitative estimate of drug-likeness (QED) is 0.850. The van der Waals surface area contributed by atoms with E-state index in [-0.39, 0.29) is 0 Å². The van der Waals surface area contributed by atoms with Gasteiger partial charge in [0.1, 0.15) is 11.6 Å². The summed E-state index contributed by atoms with van der Waals surface area (Å²) in [6.07, 6.45) is 7.75. The van der Waals surface area contributed by atoms with E-state index in [9.17, 15) is 0 Å². The Morgan fingerprint density at radius 3 is 3.22 bits per heavy atom. The summed E-state index contributed by atoms with van der Waals surface area (Å²) < 4.78 is 7.45. The Morgan fingerprint density at radius 2 is 2.44 bits per heavy atom. The Hall–Kier alpha value is -1.16. The standard InChI is InChI=1S/C14H18N2OS/c1-17-13-5-4-12-8-15-14(16(12)9-13)7-11-3-2-6-18-10-11/h4-5,8-9,11H,2-3,6-7,10H2,1H3. The molecule has 0 radical (unpaired) electrons. The number of hydrogen-bond acceptors (Lipinski definition) is 3. The highest BCUT2D eigenvalue weighted by molar-refractivity contribution is 7.99. The second-order valence-electron chi connectivity index (χ2n) is 4.83. The molecule has 0 spiro atoms. The first-order valence-electron chi connectivity index (χ1n) is 6.44. The SMILES string of the molecule is COc1ccc2cnc(CC3CCCSC3)n2c1. The molecule has 4 heteroatoms. The van der Waals surface area contributed by atoms with Crippen molar-refractivity contribution in [1.82, 2.24) is 9.38 Å². The van der Waals surface area contributed by atoms with Crippen molar-refractivity contribution < 1.29 is 4.74 Å². The van der Waals surface area contributed by atoms with Gasteiger partial charge in [0.25, 0.3) is 0 Å². The number of pyridine rings is 1. The van der Waals surface area contributed by atoms with E-state index in [1.165, 1.54) is 24.3 Å². The number of aromatic nitrogens is 2. The van der Waals surface area contributed by atoms with Crippen LogP contribution in [0.4, 0.5) is 0 Å². The van der Waals surface area contributed by atoms with E-state index in [0.29, 0.717) is 0 Å². The van der Waals surface area contributed by atoms with Crippen LogP contribution in [0.2, 0.25) is 0 Å². The van der Waals surface area contributed by atoms with Crippen molar-refractivity contribution in [2.45, 2.75) is 19.3 Å². The molecule has 3 nitrogen and oxygen atoms in total. The zero-order valence-electron chi connectivity index (χ0n) is 10.6. The molecule has 96 valence electrons. The van der Waals surface area contributed by atoms with Gasteiger partial charge in [0, 0.05) is 6.42 Å². The second kappa shape index (κ2) is 5.22. The molecule has 0 aliphatic carbocycles. The molecule has 3 rings (SSSR count). The summed E-state index contributed by atoms with van der Waals surface area (Å²) in [6.45, 7) is 0. The maximum atomic E-state index is 5.28. The molecule has 1 saturated heterocycles. The van der Waals surface area contributed by atoms with Crippen molar-refractivity contribution in [2.75, 3.05) is 18.6 Å². The first-order valence-corrected chi connectivity index (χ1v) is 7.60. The molecule has 0 bridgehead atoms. The lowest BCUT2D eigenvalue weighted by Gasteiger charge is -2.20. The average molecular weight is 262 g/mol. The highest BCUT2D eigenvalue weighted by Crippen LogP contribution is 2.26. The normalized spacial score (nSPS) is 20.2. The lowest BCUT2D eigenvalue weighted by molar-refractivity contribution is 0.412. The number of nitrogens with zero attached hydrogens (tertiary/aromatic N) is 2. The van der Waals surface area contributed by atoms with Gasteiger partial charge in [0.2, 0.25) is 0 Å². The fourth-order valence-corrected chi connectivity index (χ4v) is 3.68. The number of thioether (sulfide) groups is 1. The molecule has 0 amide bonds. The van der Waals surface area contributed by atoms with Gasteiger partial charge in [-0.05, 0) is 42.4 Å². The van der Waals surface area contributed by atoms with Crippen LogP contribution in [0.5, 0.6) is 5.75 Å². The van der Waals surface area contributed by atoms with Crippen molar-refractivity contribution >= 4 is 17.3 Å².